The van der Waals surface area contributed by atoms with Gasteiger partial charge in [-0.2, -0.15) is 5.10 Å². The fraction of sp³-hybridized carbons (Fsp3) is 0. The van der Waals surface area contributed by atoms with Crippen molar-refractivity contribution in [2.45, 2.75) is 0 Å². The quantitative estimate of drug-likeness (QED) is 0.574. The number of hydrogen-bond donors (Lipinski definition) is 1. The summed E-state index contributed by atoms with van der Waals surface area (Å²) in [6, 6.07) is 8.17. The Hall–Kier alpha value is -1.86. The number of nitrogens with zero attached hydrogens (tertiary/aromatic N) is 1. The van der Waals surface area contributed by atoms with E-state index in [9.17, 15) is 13.6 Å². The zero-order chi connectivity index (χ0) is 16.6. The second kappa shape index (κ2) is 6.33. The summed E-state index contributed by atoms with van der Waals surface area (Å²) in [5, 5.41) is 6.67. The van der Waals surface area contributed by atoms with E-state index in [4.69, 9.17) is 0 Å². The number of halogens is 4. The molecular weight excluding hydrogens is 434 g/mol. The normalized spacial score (nSPS) is 10.8. The van der Waals surface area contributed by atoms with Crippen LogP contribution in [0, 0.1) is 11.6 Å². The molecule has 0 amide bonds. The minimum absolute atomic E-state index is 0.166. The number of hydrogen-bond acceptors (Lipinski definition) is 2. The van der Waals surface area contributed by atoms with Crippen LogP contribution in [0.2, 0.25) is 0 Å². The lowest BCUT2D eigenvalue weighted by Crippen LogP contribution is -2.05. The van der Waals surface area contributed by atoms with Crippen molar-refractivity contribution in [1.29, 1.82) is 0 Å². The molecule has 23 heavy (non-hydrogen) atoms. The molecule has 1 heterocycles. The maximum atomic E-state index is 13.8. The molecular formula is C16H8Br2F2N2O. The van der Waals surface area contributed by atoms with Crippen LogP contribution in [0.3, 0.4) is 0 Å². The van der Waals surface area contributed by atoms with Gasteiger partial charge in [-0.25, -0.2) is 8.78 Å². The number of ketones is 1. The highest BCUT2D eigenvalue weighted by Crippen LogP contribution is 2.30. The van der Waals surface area contributed by atoms with Crippen LogP contribution in [0.25, 0.3) is 11.3 Å². The highest BCUT2D eigenvalue weighted by molar-refractivity contribution is 9.11. The molecule has 0 saturated carbocycles. The van der Waals surface area contributed by atoms with Crippen molar-refractivity contribution >= 4 is 37.6 Å². The molecule has 1 N–H and O–H groups in total. The summed E-state index contributed by atoms with van der Waals surface area (Å²) >= 11 is 6.73. The molecule has 3 rings (SSSR count). The number of aromatic nitrogens is 2. The standard InChI is InChI=1S/C16H8Br2F2N2O/c17-9-3-8(4-10(18)5-9)15-13(7-21-22-15)16(23)12-6-11(19)1-2-14(12)20/h1-7H,(H,21,22). The Balaban J connectivity index is 2.10. The predicted molar refractivity (Wildman–Crippen MR) is 89.2 cm³/mol. The maximum Gasteiger partial charge on any atom is 0.199 e. The van der Waals surface area contributed by atoms with Gasteiger partial charge in [-0.05, 0) is 36.4 Å². The molecule has 1 aromatic heterocycles. The average Bonchev–Trinajstić information content (AvgIpc) is 2.97. The second-order valence-electron chi connectivity index (χ2n) is 4.76. The minimum Gasteiger partial charge on any atom is -0.288 e. The molecule has 0 atom stereocenters. The number of aromatic amines is 1. The molecule has 0 aliphatic rings. The van der Waals surface area contributed by atoms with E-state index in [2.05, 4.69) is 42.1 Å². The van der Waals surface area contributed by atoms with E-state index in [1.807, 2.05) is 6.07 Å². The molecule has 0 radical (unpaired) electrons. The number of benzene rings is 2. The molecule has 0 unspecified atom stereocenters. The van der Waals surface area contributed by atoms with E-state index in [-0.39, 0.29) is 11.1 Å². The van der Waals surface area contributed by atoms with Gasteiger partial charge in [-0.3, -0.25) is 9.89 Å². The fourth-order valence-corrected chi connectivity index (χ4v) is 3.48. The molecule has 7 heteroatoms. The second-order valence-corrected chi connectivity index (χ2v) is 6.59. The van der Waals surface area contributed by atoms with Gasteiger partial charge in [-0.1, -0.05) is 31.9 Å². The first kappa shape index (κ1) is 16.0. The Labute approximate surface area is 147 Å². The van der Waals surface area contributed by atoms with E-state index in [0.717, 1.165) is 27.1 Å². The van der Waals surface area contributed by atoms with Crippen LogP contribution in [0.1, 0.15) is 15.9 Å². The zero-order valence-electron chi connectivity index (χ0n) is 11.4. The summed E-state index contributed by atoms with van der Waals surface area (Å²) < 4.78 is 28.7. The van der Waals surface area contributed by atoms with Gasteiger partial charge in [0.25, 0.3) is 0 Å². The van der Waals surface area contributed by atoms with E-state index in [1.54, 1.807) is 12.1 Å². The fourth-order valence-electron chi connectivity index (χ4n) is 2.19. The first-order valence-electron chi connectivity index (χ1n) is 6.45. The van der Waals surface area contributed by atoms with Gasteiger partial charge in [0.15, 0.2) is 5.78 Å². The van der Waals surface area contributed by atoms with Gasteiger partial charge in [0.2, 0.25) is 0 Å². The van der Waals surface area contributed by atoms with Crippen LogP contribution in [-0.2, 0) is 0 Å². The van der Waals surface area contributed by atoms with Gasteiger partial charge in [0, 0.05) is 20.7 Å². The van der Waals surface area contributed by atoms with E-state index < -0.39 is 17.4 Å². The number of carbonyl (C=O) groups is 1. The van der Waals surface area contributed by atoms with Gasteiger partial charge < -0.3 is 0 Å². The van der Waals surface area contributed by atoms with Crippen LogP contribution in [0.15, 0.2) is 51.5 Å². The molecule has 116 valence electrons. The third-order valence-electron chi connectivity index (χ3n) is 3.19. The van der Waals surface area contributed by atoms with Gasteiger partial charge in [0.1, 0.15) is 17.3 Å². The van der Waals surface area contributed by atoms with Crippen molar-refractivity contribution in [2.75, 3.05) is 0 Å². The molecule has 0 aliphatic heterocycles. The van der Waals surface area contributed by atoms with E-state index >= 15 is 0 Å². The monoisotopic (exact) mass is 440 g/mol. The molecule has 0 spiro atoms. The van der Waals surface area contributed by atoms with E-state index in [1.165, 1.54) is 6.20 Å². The highest BCUT2D eigenvalue weighted by atomic mass is 79.9. The lowest BCUT2D eigenvalue weighted by Gasteiger charge is -2.05. The third-order valence-corrected chi connectivity index (χ3v) is 4.11. The van der Waals surface area contributed by atoms with Crippen LogP contribution < -0.4 is 0 Å². The van der Waals surface area contributed by atoms with Crippen molar-refractivity contribution in [3.05, 3.63) is 74.3 Å². The molecule has 0 aliphatic carbocycles. The summed E-state index contributed by atoms with van der Waals surface area (Å²) in [5.41, 5.74) is 0.856. The van der Waals surface area contributed by atoms with Gasteiger partial charge >= 0.3 is 0 Å². The Morgan fingerprint density at radius 1 is 1.00 bits per heavy atom. The largest absolute Gasteiger partial charge is 0.288 e. The number of carbonyl (C=O) groups excluding carboxylic acids is 1. The van der Waals surface area contributed by atoms with Crippen molar-refractivity contribution in [3.8, 4) is 11.3 Å². The summed E-state index contributed by atoms with van der Waals surface area (Å²) in [7, 11) is 0. The third kappa shape index (κ3) is 3.25. The summed E-state index contributed by atoms with van der Waals surface area (Å²) in [5.74, 6) is -2.09. The van der Waals surface area contributed by atoms with Crippen molar-refractivity contribution in [2.24, 2.45) is 0 Å². The van der Waals surface area contributed by atoms with Crippen molar-refractivity contribution in [3.63, 3.8) is 0 Å². The first-order valence-corrected chi connectivity index (χ1v) is 8.04. The Morgan fingerprint density at radius 3 is 2.39 bits per heavy atom. The Morgan fingerprint density at radius 2 is 1.70 bits per heavy atom. The SMILES string of the molecule is O=C(c1cc(F)ccc1F)c1c[nH]nc1-c1cc(Br)cc(Br)c1. The van der Waals surface area contributed by atoms with Gasteiger partial charge in [-0.15, -0.1) is 0 Å². The summed E-state index contributed by atoms with van der Waals surface area (Å²) in [4.78, 5) is 12.6. The molecule has 2 aromatic carbocycles. The number of H-pyrrole nitrogens is 1. The van der Waals surface area contributed by atoms with Crippen LogP contribution in [0.4, 0.5) is 8.78 Å². The topological polar surface area (TPSA) is 45.8 Å². The average molecular weight is 442 g/mol. The first-order chi connectivity index (χ1) is 11.0. The van der Waals surface area contributed by atoms with E-state index in [0.29, 0.717) is 11.3 Å². The molecule has 3 nitrogen and oxygen atoms in total. The molecule has 0 bridgehead atoms. The number of rotatable bonds is 3. The zero-order valence-corrected chi connectivity index (χ0v) is 14.6. The molecule has 0 fully saturated rings. The minimum atomic E-state index is -0.779. The lowest BCUT2D eigenvalue weighted by molar-refractivity contribution is 0.103. The lowest BCUT2D eigenvalue weighted by atomic mass is 10.00. The highest BCUT2D eigenvalue weighted by Gasteiger charge is 2.21. The smallest absolute Gasteiger partial charge is 0.199 e. The van der Waals surface area contributed by atoms with Gasteiger partial charge in [0.05, 0.1) is 11.1 Å². The Bertz CT molecular complexity index is 889. The van der Waals surface area contributed by atoms with Crippen LogP contribution in [0.5, 0.6) is 0 Å². The van der Waals surface area contributed by atoms with Crippen LogP contribution >= 0.6 is 31.9 Å². The van der Waals surface area contributed by atoms with Crippen LogP contribution in [-0.4, -0.2) is 16.0 Å². The Kier molecular flexibility index (Phi) is 4.41. The summed E-state index contributed by atoms with van der Waals surface area (Å²) in [6.45, 7) is 0. The van der Waals surface area contributed by atoms with Crippen molar-refractivity contribution in [1.82, 2.24) is 10.2 Å². The maximum absolute atomic E-state index is 13.8. The van der Waals surface area contributed by atoms with Crippen molar-refractivity contribution < 1.29 is 13.6 Å². The summed E-state index contributed by atoms with van der Waals surface area (Å²) in [6.07, 6.45) is 1.37. The predicted octanol–water partition coefficient (Wildman–Crippen LogP) is 5.11. The molecule has 0 saturated heterocycles. The number of nitrogens with one attached hydrogen (secondary N) is 1. The molecule has 3 aromatic rings.